The smallest absolute Gasteiger partial charge is 0.223 e. The second kappa shape index (κ2) is 8.22. The molecule has 0 unspecified atom stereocenters. The monoisotopic (exact) mass is 401 g/mol. The molecule has 154 valence electrons. The van der Waals surface area contributed by atoms with Gasteiger partial charge in [0.2, 0.25) is 5.91 Å². The first-order chi connectivity index (χ1) is 14.5. The van der Waals surface area contributed by atoms with E-state index >= 15 is 0 Å². The standard InChI is InChI=1S/C24H27N5O/c1-16(2)28(15-19-8-7-13-25-14-19)23(30)12-11-20-17(3)26-24-21-9-5-6-10-22(21)27-29(24)18(20)4/h5-10,13-14,16H,11-12,15H2,1-4H3. The van der Waals surface area contributed by atoms with Crippen LogP contribution in [-0.2, 0) is 17.8 Å². The van der Waals surface area contributed by atoms with Gasteiger partial charge in [-0.2, -0.15) is 5.10 Å². The maximum Gasteiger partial charge on any atom is 0.223 e. The van der Waals surface area contributed by atoms with Gasteiger partial charge in [0.25, 0.3) is 0 Å². The molecule has 4 rings (SSSR count). The lowest BCUT2D eigenvalue weighted by Crippen LogP contribution is -2.36. The average molecular weight is 402 g/mol. The summed E-state index contributed by atoms with van der Waals surface area (Å²) in [5.41, 5.74) is 5.94. The molecule has 3 aromatic heterocycles. The fourth-order valence-corrected chi connectivity index (χ4v) is 3.96. The minimum atomic E-state index is 0.122. The number of nitrogens with zero attached hydrogens (tertiary/aromatic N) is 5. The van der Waals surface area contributed by atoms with Crippen LogP contribution < -0.4 is 0 Å². The molecule has 0 atom stereocenters. The van der Waals surface area contributed by atoms with E-state index in [0.29, 0.717) is 19.4 Å². The fraction of sp³-hybridized carbons (Fsp3) is 0.333. The number of carbonyl (C=O) groups excluding carboxylic acids is 1. The molecule has 0 spiro atoms. The van der Waals surface area contributed by atoms with Crippen LogP contribution in [0.25, 0.3) is 16.6 Å². The number of hydrogen-bond donors (Lipinski definition) is 0. The highest BCUT2D eigenvalue weighted by atomic mass is 16.2. The Balaban J connectivity index is 1.57. The Bertz CT molecular complexity index is 1200. The fourth-order valence-electron chi connectivity index (χ4n) is 3.96. The van der Waals surface area contributed by atoms with Crippen LogP contribution in [0.1, 0.15) is 42.8 Å². The summed E-state index contributed by atoms with van der Waals surface area (Å²) < 4.78 is 1.91. The normalized spacial score (nSPS) is 11.5. The SMILES string of the molecule is Cc1nc2c3ccccc3nn2c(C)c1CCC(=O)N(Cc1cccnc1)C(C)C. The van der Waals surface area contributed by atoms with Crippen molar-refractivity contribution < 1.29 is 4.79 Å². The van der Waals surface area contributed by atoms with Crippen molar-refractivity contribution in [3.63, 3.8) is 0 Å². The van der Waals surface area contributed by atoms with Crippen LogP contribution in [0.4, 0.5) is 0 Å². The summed E-state index contributed by atoms with van der Waals surface area (Å²) in [6.45, 7) is 8.75. The van der Waals surface area contributed by atoms with E-state index in [4.69, 9.17) is 10.1 Å². The zero-order chi connectivity index (χ0) is 21.3. The molecule has 1 amide bonds. The first kappa shape index (κ1) is 20.0. The molecule has 3 heterocycles. The highest BCUT2D eigenvalue weighted by molar-refractivity contribution is 5.92. The minimum absolute atomic E-state index is 0.122. The van der Waals surface area contributed by atoms with Crippen LogP contribution in [0.2, 0.25) is 0 Å². The molecule has 0 fully saturated rings. The number of amides is 1. The van der Waals surface area contributed by atoms with Gasteiger partial charge in [0.05, 0.1) is 5.52 Å². The molecule has 4 aromatic rings. The summed E-state index contributed by atoms with van der Waals surface area (Å²) in [6, 6.07) is 12.1. The van der Waals surface area contributed by atoms with Crippen molar-refractivity contribution in [1.29, 1.82) is 0 Å². The Kier molecular flexibility index (Phi) is 5.48. The summed E-state index contributed by atoms with van der Waals surface area (Å²) in [5.74, 6) is 0.137. The Morgan fingerprint density at radius 2 is 1.93 bits per heavy atom. The molecule has 0 saturated heterocycles. The van der Waals surface area contributed by atoms with Crippen LogP contribution in [-0.4, -0.2) is 36.4 Å². The lowest BCUT2D eigenvalue weighted by Gasteiger charge is -2.27. The molecule has 1 aromatic carbocycles. The van der Waals surface area contributed by atoms with Crippen molar-refractivity contribution in [2.75, 3.05) is 0 Å². The number of fused-ring (bicyclic) bond motifs is 3. The lowest BCUT2D eigenvalue weighted by atomic mass is 10.1. The number of hydrogen-bond acceptors (Lipinski definition) is 4. The third-order valence-electron chi connectivity index (χ3n) is 5.63. The van der Waals surface area contributed by atoms with Gasteiger partial charge in [0.1, 0.15) is 0 Å². The first-order valence-electron chi connectivity index (χ1n) is 10.4. The Morgan fingerprint density at radius 3 is 2.67 bits per heavy atom. The number of rotatable bonds is 6. The third kappa shape index (κ3) is 3.77. The average Bonchev–Trinajstić information content (AvgIpc) is 3.11. The largest absolute Gasteiger partial charge is 0.336 e. The van der Waals surface area contributed by atoms with E-state index in [1.165, 1.54) is 0 Å². The quantitative estimate of drug-likeness (QED) is 0.484. The van der Waals surface area contributed by atoms with Gasteiger partial charge >= 0.3 is 0 Å². The Hall–Kier alpha value is -3.28. The third-order valence-corrected chi connectivity index (χ3v) is 5.63. The summed E-state index contributed by atoms with van der Waals surface area (Å²) >= 11 is 0. The van der Waals surface area contributed by atoms with E-state index in [1.54, 1.807) is 6.20 Å². The van der Waals surface area contributed by atoms with E-state index in [2.05, 4.69) is 11.9 Å². The van der Waals surface area contributed by atoms with E-state index < -0.39 is 0 Å². The van der Waals surface area contributed by atoms with Gasteiger partial charge in [0.15, 0.2) is 5.65 Å². The van der Waals surface area contributed by atoms with Crippen molar-refractivity contribution >= 4 is 22.5 Å². The molecule has 0 aliphatic rings. The number of aromatic nitrogens is 4. The minimum Gasteiger partial charge on any atom is -0.336 e. The summed E-state index contributed by atoms with van der Waals surface area (Å²) in [4.78, 5) is 23.9. The molecule has 30 heavy (non-hydrogen) atoms. The zero-order valence-electron chi connectivity index (χ0n) is 18.0. The van der Waals surface area contributed by atoms with E-state index in [-0.39, 0.29) is 11.9 Å². The van der Waals surface area contributed by atoms with Gasteiger partial charge in [-0.25, -0.2) is 9.50 Å². The summed E-state index contributed by atoms with van der Waals surface area (Å²) in [7, 11) is 0. The molecule has 6 heteroatoms. The molecule has 0 radical (unpaired) electrons. The van der Waals surface area contributed by atoms with Gasteiger partial charge in [-0.15, -0.1) is 0 Å². The van der Waals surface area contributed by atoms with Crippen molar-refractivity contribution in [2.45, 2.75) is 53.1 Å². The molecule has 6 nitrogen and oxygen atoms in total. The second-order valence-electron chi connectivity index (χ2n) is 7.99. The molecule has 0 saturated carbocycles. The lowest BCUT2D eigenvalue weighted by molar-refractivity contribution is -0.133. The predicted octanol–water partition coefficient (Wildman–Crippen LogP) is 4.26. The molecule has 0 N–H and O–H groups in total. The van der Waals surface area contributed by atoms with Crippen molar-refractivity contribution in [2.24, 2.45) is 0 Å². The maximum absolute atomic E-state index is 13.1. The topological polar surface area (TPSA) is 63.4 Å². The molecule has 0 aliphatic carbocycles. The van der Waals surface area contributed by atoms with Gasteiger partial charge < -0.3 is 4.90 Å². The van der Waals surface area contributed by atoms with Crippen molar-refractivity contribution in [3.8, 4) is 0 Å². The van der Waals surface area contributed by atoms with Gasteiger partial charge in [0, 0.05) is 48.2 Å². The van der Waals surface area contributed by atoms with Gasteiger partial charge in [-0.3, -0.25) is 9.78 Å². The molecular weight excluding hydrogens is 374 g/mol. The second-order valence-corrected chi connectivity index (χ2v) is 7.99. The Morgan fingerprint density at radius 1 is 1.13 bits per heavy atom. The first-order valence-corrected chi connectivity index (χ1v) is 10.4. The predicted molar refractivity (Wildman–Crippen MR) is 118 cm³/mol. The van der Waals surface area contributed by atoms with Crippen molar-refractivity contribution in [3.05, 3.63) is 71.3 Å². The Labute approximate surface area is 176 Å². The number of benzene rings is 1. The van der Waals surface area contributed by atoms with E-state index in [1.807, 2.05) is 72.8 Å². The molecule has 0 aliphatic heterocycles. The number of aryl methyl sites for hydroxylation is 2. The van der Waals surface area contributed by atoms with Crippen LogP contribution in [0, 0.1) is 13.8 Å². The number of carbonyl (C=O) groups is 1. The van der Waals surface area contributed by atoms with E-state index in [0.717, 1.165) is 39.1 Å². The van der Waals surface area contributed by atoms with E-state index in [9.17, 15) is 4.79 Å². The van der Waals surface area contributed by atoms with Crippen LogP contribution >= 0.6 is 0 Å². The van der Waals surface area contributed by atoms with Crippen LogP contribution in [0.5, 0.6) is 0 Å². The van der Waals surface area contributed by atoms with Gasteiger partial charge in [-0.1, -0.05) is 18.2 Å². The number of pyridine rings is 1. The molecular formula is C24H27N5O. The highest BCUT2D eigenvalue weighted by Crippen LogP contribution is 2.23. The van der Waals surface area contributed by atoms with Crippen LogP contribution in [0.15, 0.2) is 48.8 Å². The van der Waals surface area contributed by atoms with Crippen molar-refractivity contribution in [1.82, 2.24) is 24.5 Å². The van der Waals surface area contributed by atoms with Gasteiger partial charge in [-0.05, 0) is 63.4 Å². The highest BCUT2D eigenvalue weighted by Gasteiger charge is 2.20. The summed E-state index contributed by atoms with van der Waals surface area (Å²) in [5, 5.41) is 5.76. The van der Waals surface area contributed by atoms with Crippen LogP contribution in [0.3, 0.4) is 0 Å². The zero-order valence-corrected chi connectivity index (χ0v) is 18.0. The molecule has 0 bridgehead atoms. The maximum atomic E-state index is 13.1. The summed E-state index contributed by atoms with van der Waals surface area (Å²) in [6.07, 6.45) is 4.65.